The fraction of sp³-hybridized carbons (Fsp3) is 0.400. The second kappa shape index (κ2) is 6.05. The lowest BCUT2D eigenvalue weighted by molar-refractivity contribution is -0.126. The second-order valence-electron chi connectivity index (χ2n) is 5.14. The van der Waals surface area contributed by atoms with Crippen molar-refractivity contribution in [2.45, 2.75) is 19.9 Å². The van der Waals surface area contributed by atoms with Gasteiger partial charge in [-0.15, -0.1) is 0 Å². The van der Waals surface area contributed by atoms with Gasteiger partial charge in [0.2, 0.25) is 11.8 Å². The summed E-state index contributed by atoms with van der Waals surface area (Å²) < 4.78 is 15.8. The lowest BCUT2D eigenvalue weighted by atomic mass is 9.96. The predicted octanol–water partition coefficient (Wildman–Crippen LogP) is 1.25. The third-order valence-electron chi connectivity index (χ3n) is 3.53. The molecule has 0 fully saturated rings. The van der Waals surface area contributed by atoms with Gasteiger partial charge in [-0.05, 0) is 25.0 Å². The summed E-state index contributed by atoms with van der Waals surface area (Å²) in [6.07, 6.45) is 0.633. The van der Waals surface area contributed by atoms with Crippen LogP contribution in [0.5, 0.6) is 11.5 Å². The van der Waals surface area contributed by atoms with Crippen LogP contribution in [0.2, 0.25) is 0 Å². The Balaban J connectivity index is 1.60. The highest BCUT2D eigenvalue weighted by Crippen LogP contribution is 2.31. The summed E-state index contributed by atoms with van der Waals surface area (Å²) in [5.41, 5.74) is 1.00. The first-order valence-corrected chi connectivity index (χ1v) is 7.02. The minimum atomic E-state index is -0.232. The lowest BCUT2D eigenvalue weighted by Crippen LogP contribution is -2.37. The van der Waals surface area contributed by atoms with Crippen molar-refractivity contribution in [3.05, 3.63) is 35.5 Å². The minimum absolute atomic E-state index is 0.0858. The molecule has 22 heavy (non-hydrogen) atoms. The zero-order valence-electron chi connectivity index (χ0n) is 12.5. The predicted molar refractivity (Wildman–Crippen MR) is 76.6 cm³/mol. The zero-order chi connectivity index (χ0) is 15.5. The number of benzene rings is 1. The summed E-state index contributed by atoms with van der Waals surface area (Å²) >= 11 is 0. The molecule has 0 unspecified atom stereocenters. The molecule has 1 aliphatic heterocycles. The molecule has 0 spiro atoms. The Morgan fingerprint density at radius 1 is 1.50 bits per heavy atom. The van der Waals surface area contributed by atoms with Crippen LogP contribution < -0.4 is 14.8 Å². The molecule has 1 amide bonds. The van der Waals surface area contributed by atoms with Gasteiger partial charge in [0.1, 0.15) is 18.1 Å². The van der Waals surface area contributed by atoms with Crippen molar-refractivity contribution in [3.63, 3.8) is 0 Å². The first-order chi connectivity index (χ1) is 10.7. The molecule has 7 heteroatoms. The SMILES string of the molecule is COc1ccc2c(c1)OC[C@@H](C(=O)NCc1nc(C)no1)C2. The highest BCUT2D eigenvalue weighted by Gasteiger charge is 2.26. The first-order valence-electron chi connectivity index (χ1n) is 7.02. The van der Waals surface area contributed by atoms with Crippen LogP contribution in [0.15, 0.2) is 22.7 Å². The molecule has 1 atom stereocenters. The molecule has 1 aromatic heterocycles. The topological polar surface area (TPSA) is 86.5 Å². The van der Waals surface area contributed by atoms with E-state index in [0.29, 0.717) is 24.7 Å². The van der Waals surface area contributed by atoms with Crippen LogP contribution >= 0.6 is 0 Å². The molecular formula is C15H17N3O4. The summed E-state index contributed by atoms with van der Waals surface area (Å²) in [5, 5.41) is 6.47. The minimum Gasteiger partial charge on any atom is -0.497 e. The van der Waals surface area contributed by atoms with Crippen molar-refractivity contribution in [3.8, 4) is 11.5 Å². The van der Waals surface area contributed by atoms with Crippen molar-refractivity contribution in [2.24, 2.45) is 5.92 Å². The fourth-order valence-corrected chi connectivity index (χ4v) is 2.37. The molecule has 0 saturated carbocycles. The molecule has 1 aromatic carbocycles. The molecule has 1 N–H and O–H groups in total. The van der Waals surface area contributed by atoms with Crippen LogP contribution in [0, 0.1) is 12.8 Å². The Kier molecular flexibility index (Phi) is 3.95. The van der Waals surface area contributed by atoms with Crippen molar-refractivity contribution in [1.82, 2.24) is 15.5 Å². The fourth-order valence-electron chi connectivity index (χ4n) is 2.37. The molecule has 7 nitrogen and oxygen atoms in total. The highest BCUT2D eigenvalue weighted by atomic mass is 16.5. The van der Waals surface area contributed by atoms with Gasteiger partial charge < -0.3 is 19.3 Å². The van der Waals surface area contributed by atoms with E-state index in [1.54, 1.807) is 14.0 Å². The Hall–Kier alpha value is -2.57. The van der Waals surface area contributed by atoms with Gasteiger partial charge >= 0.3 is 0 Å². The van der Waals surface area contributed by atoms with Gasteiger partial charge in [-0.2, -0.15) is 4.98 Å². The first kappa shape index (κ1) is 14.4. The number of methoxy groups -OCH3 is 1. The molecule has 3 rings (SSSR count). The highest BCUT2D eigenvalue weighted by molar-refractivity contribution is 5.79. The largest absolute Gasteiger partial charge is 0.497 e. The zero-order valence-corrected chi connectivity index (χ0v) is 12.5. The number of ether oxygens (including phenoxy) is 2. The Labute approximate surface area is 127 Å². The van der Waals surface area contributed by atoms with E-state index in [1.807, 2.05) is 18.2 Å². The van der Waals surface area contributed by atoms with Crippen LogP contribution in [0.4, 0.5) is 0 Å². The van der Waals surface area contributed by atoms with Crippen LogP contribution in [-0.2, 0) is 17.8 Å². The number of aromatic nitrogens is 2. The third-order valence-corrected chi connectivity index (χ3v) is 3.53. The average molecular weight is 303 g/mol. The van der Waals surface area contributed by atoms with Crippen molar-refractivity contribution in [2.75, 3.05) is 13.7 Å². The quantitative estimate of drug-likeness (QED) is 0.915. The van der Waals surface area contributed by atoms with E-state index >= 15 is 0 Å². The lowest BCUT2D eigenvalue weighted by Gasteiger charge is -2.24. The molecule has 2 heterocycles. The Morgan fingerprint density at radius 2 is 2.36 bits per heavy atom. The molecule has 0 saturated heterocycles. The monoisotopic (exact) mass is 303 g/mol. The standard InChI is InChI=1S/C15H17N3O4/c1-9-17-14(22-18-9)7-16-15(19)11-5-10-3-4-12(20-2)6-13(10)21-8-11/h3-4,6,11H,5,7-8H2,1-2H3,(H,16,19)/t11-/m0/s1. The van der Waals surface area contributed by atoms with Gasteiger partial charge in [0.25, 0.3) is 0 Å². The molecular weight excluding hydrogens is 286 g/mol. The van der Waals surface area contributed by atoms with E-state index in [4.69, 9.17) is 14.0 Å². The number of nitrogens with zero attached hydrogens (tertiary/aromatic N) is 2. The number of hydrogen-bond acceptors (Lipinski definition) is 6. The second-order valence-corrected chi connectivity index (χ2v) is 5.14. The third kappa shape index (κ3) is 3.03. The van der Waals surface area contributed by atoms with Crippen molar-refractivity contribution >= 4 is 5.91 Å². The molecule has 0 bridgehead atoms. The summed E-state index contributed by atoms with van der Waals surface area (Å²) in [4.78, 5) is 16.3. The number of nitrogens with one attached hydrogen (secondary N) is 1. The van der Waals surface area contributed by atoms with Gasteiger partial charge in [0.05, 0.1) is 19.6 Å². The number of carbonyl (C=O) groups is 1. The van der Waals surface area contributed by atoms with Crippen LogP contribution in [0.1, 0.15) is 17.3 Å². The van der Waals surface area contributed by atoms with E-state index < -0.39 is 0 Å². The summed E-state index contributed by atoms with van der Waals surface area (Å²) in [7, 11) is 1.61. The Morgan fingerprint density at radius 3 is 3.09 bits per heavy atom. The van der Waals surface area contributed by atoms with Gasteiger partial charge in [-0.1, -0.05) is 11.2 Å². The molecule has 116 valence electrons. The van der Waals surface area contributed by atoms with Gasteiger partial charge in [0.15, 0.2) is 5.82 Å². The maximum Gasteiger partial charge on any atom is 0.246 e. The maximum atomic E-state index is 12.2. The van der Waals surface area contributed by atoms with Crippen molar-refractivity contribution < 1.29 is 18.8 Å². The number of amides is 1. The van der Waals surface area contributed by atoms with E-state index in [9.17, 15) is 4.79 Å². The Bertz CT molecular complexity index is 683. The molecule has 1 aliphatic rings. The summed E-state index contributed by atoms with van der Waals surface area (Å²) in [6.45, 7) is 2.30. The number of fused-ring (bicyclic) bond motifs is 1. The van der Waals surface area contributed by atoms with Crippen molar-refractivity contribution in [1.29, 1.82) is 0 Å². The van der Waals surface area contributed by atoms with Gasteiger partial charge in [-0.25, -0.2) is 0 Å². The van der Waals surface area contributed by atoms with E-state index in [1.165, 1.54) is 0 Å². The van der Waals surface area contributed by atoms with Crippen LogP contribution in [-0.4, -0.2) is 29.8 Å². The number of rotatable bonds is 4. The maximum absolute atomic E-state index is 12.2. The summed E-state index contributed by atoms with van der Waals surface area (Å²) in [5.74, 6) is 2.15. The van der Waals surface area contributed by atoms with Crippen LogP contribution in [0.3, 0.4) is 0 Å². The van der Waals surface area contributed by atoms with E-state index in [-0.39, 0.29) is 18.4 Å². The van der Waals surface area contributed by atoms with E-state index in [2.05, 4.69) is 15.5 Å². The number of carbonyl (C=O) groups excluding carboxylic acids is 1. The van der Waals surface area contributed by atoms with E-state index in [0.717, 1.165) is 17.1 Å². The van der Waals surface area contributed by atoms with Crippen LogP contribution in [0.25, 0.3) is 0 Å². The van der Waals surface area contributed by atoms with Gasteiger partial charge in [-0.3, -0.25) is 4.79 Å². The molecule has 0 radical (unpaired) electrons. The number of aryl methyl sites for hydroxylation is 1. The molecule has 2 aromatic rings. The van der Waals surface area contributed by atoms with Gasteiger partial charge in [0, 0.05) is 6.07 Å². The number of hydrogen-bond donors (Lipinski definition) is 1. The average Bonchev–Trinajstić information content (AvgIpc) is 2.97. The summed E-state index contributed by atoms with van der Waals surface area (Å²) in [6, 6.07) is 5.63. The molecule has 0 aliphatic carbocycles. The smallest absolute Gasteiger partial charge is 0.246 e. The normalized spacial score (nSPS) is 16.5.